The second kappa shape index (κ2) is 5.39. The van der Waals surface area contributed by atoms with E-state index < -0.39 is 22.6 Å². The third kappa shape index (κ3) is 3.27. The number of nitro benzene ring substituents is 1. The van der Waals surface area contributed by atoms with E-state index in [4.69, 9.17) is 10.8 Å². The summed E-state index contributed by atoms with van der Waals surface area (Å²) in [5.41, 5.74) is 5.95. The van der Waals surface area contributed by atoms with Crippen molar-refractivity contribution in [3.8, 4) is 0 Å². The number of aliphatic carboxylic acids is 1. The largest absolute Gasteiger partial charge is 0.476 e. The molecule has 0 saturated heterocycles. The van der Waals surface area contributed by atoms with Crippen LogP contribution in [0.5, 0.6) is 0 Å². The van der Waals surface area contributed by atoms with Crippen LogP contribution in [-0.4, -0.2) is 27.7 Å². The van der Waals surface area contributed by atoms with Gasteiger partial charge in [0.15, 0.2) is 5.71 Å². The van der Waals surface area contributed by atoms with Crippen LogP contribution in [0, 0.1) is 10.1 Å². The topological polar surface area (TPSA) is 148 Å². The van der Waals surface area contributed by atoms with Gasteiger partial charge in [0.05, 0.1) is 4.92 Å². The average molecular weight is 252 g/mol. The van der Waals surface area contributed by atoms with Gasteiger partial charge >= 0.3 is 12.0 Å². The Morgan fingerprint density at radius 3 is 2.28 bits per heavy atom. The Morgan fingerprint density at radius 2 is 1.89 bits per heavy atom. The maximum atomic E-state index is 10.9. The highest BCUT2D eigenvalue weighted by Crippen LogP contribution is 2.12. The standard InChI is InChI=1S/C9H8N4O5/c10-9(16)12-11-7(8(14)15)5-1-3-6(4-2-5)13(17)18/h1-4H,(H,14,15)(H3,10,12,16)/b11-7-. The van der Waals surface area contributed by atoms with Crippen LogP contribution >= 0.6 is 0 Å². The number of amides is 2. The van der Waals surface area contributed by atoms with Gasteiger partial charge in [0.2, 0.25) is 0 Å². The predicted octanol–water partition coefficient (Wildman–Crippen LogP) is 0.0518. The smallest absolute Gasteiger partial charge is 0.356 e. The van der Waals surface area contributed by atoms with Crippen molar-refractivity contribution in [2.45, 2.75) is 0 Å². The van der Waals surface area contributed by atoms with Crippen LogP contribution in [0.4, 0.5) is 10.5 Å². The molecule has 94 valence electrons. The summed E-state index contributed by atoms with van der Waals surface area (Å²) >= 11 is 0. The monoisotopic (exact) mass is 252 g/mol. The number of non-ortho nitro benzene ring substituents is 1. The second-order valence-corrected chi connectivity index (χ2v) is 3.05. The molecule has 0 saturated carbocycles. The van der Waals surface area contributed by atoms with Crippen LogP contribution in [0.15, 0.2) is 29.4 Å². The molecule has 1 aromatic rings. The first kappa shape index (κ1) is 13.1. The Bertz CT molecular complexity index is 522. The molecule has 1 aromatic carbocycles. The van der Waals surface area contributed by atoms with Gasteiger partial charge in [-0.05, 0) is 12.1 Å². The number of carboxylic acids is 1. The molecule has 0 aliphatic heterocycles. The summed E-state index contributed by atoms with van der Waals surface area (Å²) in [5, 5.41) is 22.6. The number of hydrogen-bond donors (Lipinski definition) is 3. The number of hydrazone groups is 1. The Labute approximate surface area is 100 Å². The Balaban J connectivity index is 3.07. The van der Waals surface area contributed by atoms with Crippen molar-refractivity contribution in [3.05, 3.63) is 39.9 Å². The molecule has 4 N–H and O–H groups in total. The molecule has 18 heavy (non-hydrogen) atoms. The van der Waals surface area contributed by atoms with Crippen LogP contribution in [0.2, 0.25) is 0 Å². The summed E-state index contributed by atoms with van der Waals surface area (Å²) in [6.07, 6.45) is 0. The SMILES string of the molecule is NC(=O)N/N=C(\C(=O)O)c1ccc([N+](=O)[O-])cc1. The van der Waals surface area contributed by atoms with Crippen molar-refractivity contribution >= 4 is 23.4 Å². The number of primary amides is 1. The Hall–Kier alpha value is -2.97. The lowest BCUT2D eigenvalue weighted by atomic mass is 10.1. The summed E-state index contributed by atoms with van der Waals surface area (Å²) in [5.74, 6) is -1.40. The zero-order valence-electron chi connectivity index (χ0n) is 8.86. The van der Waals surface area contributed by atoms with Gasteiger partial charge in [-0.1, -0.05) is 0 Å². The third-order valence-corrected chi connectivity index (χ3v) is 1.83. The molecule has 0 fully saturated rings. The highest BCUT2D eigenvalue weighted by Gasteiger charge is 2.14. The molecule has 0 spiro atoms. The fraction of sp³-hybridized carbons (Fsp3) is 0. The Morgan fingerprint density at radius 1 is 1.33 bits per heavy atom. The second-order valence-electron chi connectivity index (χ2n) is 3.05. The van der Waals surface area contributed by atoms with Gasteiger partial charge in [0, 0.05) is 17.7 Å². The lowest BCUT2D eigenvalue weighted by molar-refractivity contribution is -0.384. The fourth-order valence-corrected chi connectivity index (χ4v) is 1.09. The van der Waals surface area contributed by atoms with Crippen LogP contribution in [0.25, 0.3) is 0 Å². The van der Waals surface area contributed by atoms with E-state index >= 15 is 0 Å². The van der Waals surface area contributed by atoms with Crippen molar-refractivity contribution in [1.82, 2.24) is 5.43 Å². The summed E-state index contributed by atoms with van der Waals surface area (Å²) in [7, 11) is 0. The van der Waals surface area contributed by atoms with Crippen molar-refractivity contribution in [2.75, 3.05) is 0 Å². The van der Waals surface area contributed by atoms with Gasteiger partial charge < -0.3 is 10.8 Å². The van der Waals surface area contributed by atoms with Crippen LogP contribution in [0.3, 0.4) is 0 Å². The number of nitro groups is 1. The average Bonchev–Trinajstić information content (AvgIpc) is 2.29. The molecular formula is C9H8N4O5. The van der Waals surface area contributed by atoms with Gasteiger partial charge in [-0.15, -0.1) is 0 Å². The van der Waals surface area contributed by atoms with E-state index in [1.807, 2.05) is 0 Å². The van der Waals surface area contributed by atoms with E-state index in [1.54, 1.807) is 5.43 Å². The minimum Gasteiger partial charge on any atom is -0.476 e. The number of carboxylic acid groups (broad SMARTS) is 1. The Kier molecular flexibility index (Phi) is 3.92. The molecule has 9 heteroatoms. The minimum absolute atomic E-state index is 0.0989. The normalized spacial score (nSPS) is 10.8. The van der Waals surface area contributed by atoms with Gasteiger partial charge in [-0.3, -0.25) is 10.1 Å². The highest BCUT2D eigenvalue weighted by molar-refractivity contribution is 6.42. The molecule has 1 rings (SSSR count). The molecule has 0 aliphatic carbocycles. The molecule has 0 atom stereocenters. The van der Waals surface area contributed by atoms with E-state index in [1.165, 1.54) is 12.1 Å². The molecule has 0 radical (unpaired) electrons. The number of hydrogen-bond acceptors (Lipinski definition) is 5. The van der Waals surface area contributed by atoms with Crippen molar-refractivity contribution in [2.24, 2.45) is 10.8 Å². The first-order chi connectivity index (χ1) is 8.41. The molecule has 9 nitrogen and oxygen atoms in total. The summed E-state index contributed by atoms with van der Waals surface area (Å²) in [4.78, 5) is 31.1. The van der Waals surface area contributed by atoms with Gasteiger partial charge in [0.25, 0.3) is 5.69 Å². The zero-order chi connectivity index (χ0) is 13.7. The van der Waals surface area contributed by atoms with Gasteiger partial charge in [0.1, 0.15) is 0 Å². The van der Waals surface area contributed by atoms with E-state index in [-0.39, 0.29) is 11.3 Å². The van der Waals surface area contributed by atoms with Crippen molar-refractivity contribution in [3.63, 3.8) is 0 Å². The van der Waals surface area contributed by atoms with E-state index in [9.17, 15) is 19.7 Å². The zero-order valence-corrected chi connectivity index (χ0v) is 8.86. The van der Waals surface area contributed by atoms with Crippen LogP contribution in [-0.2, 0) is 4.79 Å². The lowest BCUT2D eigenvalue weighted by Gasteiger charge is -2.01. The first-order valence-corrected chi connectivity index (χ1v) is 4.53. The quantitative estimate of drug-likeness (QED) is 0.393. The van der Waals surface area contributed by atoms with Crippen molar-refractivity contribution < 1.29 is 19.6 Å². The number of nitrogens with zero attached hydrogens (tertiary/aromatic N) is 2. The van der Waals surface area contributed by atoms with Crippen LogP contribution < -0.4 is 11.2 Å². The summed E-state index contributed by atoms with van der Waals surface area (Å²) in [6.45, 7) is 0. The molecular weight excluding hydrogens is 244 g/mol. The van der Waals surface area contributed by atoms with Crippen LogP contribution in [0.1, 0.15) is 5.56 Å². The number of benzene rings is 1. The maximum Gasteiger partial charge on any atom is 0.356 e. The molecule has 0 heterocycles. The maximum absolute atomic E-state index is 10.9. The molecule has 2 amide bonds. The summed E-state index contributed by atoms with van der Waals surface area (Å²) in [6, 6.07) is 3.63. The van der Waals surface area contributed by atoms with E-state index in [0.29, 0.717) is 0 Å². The highest BCUT2D eigenvalue weighted by atomic mass is 16.6. The number of carbonyl (C=O) groups is 2. The number of nitrogens with two attached hydrogens (primary N) is 1. The molecule has 0 unspecified atom stereocenters. The van der Waals surface area contributed by atoms with Crippen molar-refractivity contribution in [1.29, 1.82) is 0 Å². The predicted molar refractivity (Wildman–Crippen MR) is 60.0 cm³/mol. The minimum atomic E-state index is -1.40. The van der Waals surface area contributed by atoms with E-state index in [0.717, 1.165) is 12.1 Å². The van der Waals surface area contributed by atoms with Gasteiger partial charge in [-0.2, -0.15) is 5.10 Å². The lowest BCUT2D eigenvalue weighted by Crippen LogP contribution is -2.28. The number of nitrogens with one attached hydrogen (secondary N) is 1. The summed E-state index contributed by atoms with van der Waals surface area (Å²) < 4.78 is 0. The van der Waals surface area contributed by atoms with E-state index in [2.05, 4.69) is 5.10 Å². The third-order valence-electron chi connectivity index (χ3n) is 1.83. The molecule has 0 bridgehead atoms. The number of urea groups is 1. The number of rotatable bonds is 4. The molecule has 0 aliphatic rings. The fourth-order valence-electron chi connectivity index (χ4n) is 1.09. The number of carbonyl (C=O) groups excluding carboxylic acids is 1. The molecule has 0 aromatic heterocycles. The first-order valence-electron chi connectivity index (χ1n) is 4.53. The van der Waals surface area contributed by atoms with Gasteiger partial charge in [-0.25, -0.2) is 15.0 Å².